The van der Waals surface area contributed by atoms with Gasteiger partial charge in [-0.25, -0.2) is 14.3 Å². The third-order valence-corrected chi connectivity index (χ3v) is 5.42. The van der Waals surface area contributed by atoms with Crippen LogP contribution in [0, 0.1) is 0 Å². The van der Waals surface area contributed by atoms with Crippen LogP contribution in [0.25, 0.3) is 0 Å². The van der Waals surface area contributed by atoms with Crippen LogP contribution in [0.4, 0.5) is 10.5 Å². The summed E-state index contributed by atoms with van der Waals surface area (Å²) in [6.07, 6.45) is 0. The first-order valence-electron chi connectivity index (χ1n) is 8.72. The van der Waals surface area contributed by atoms with Gasteiger partial charge in [-0.3, -0.25) is 14.5 Å². The molecule has 0 aliphatic carbocycles. The van der Waals surface area contributed by atoms with Gasteiger partial charge in [0.1, 0.15) is 5.75 Å². The highest BCUT2D eigenvalue weighted by molar-refractivity contribution is 8.14. The number of amides is 4. The normalized spacial score (nSPS) is 19.0. The molecule has 2 aliphatic heterocycles. The zero-order chi connectivity index (χ0) is 20.4. The molecular weight excluding hydrogens is 382 g/mol. The third kappa shape index (κ3) is 3.72. The predicted molar refractivity (Wildman–Crippen MR) is 107 cm³/mol. The zero-order valence-electron chi connectivity index (χ0n) is 16.1. The maximum atomic E-state index is 12.3. The van der Waals surface area contributed by atoms with Crippen molar-refractivity contribution in [3.63, 3.8) is 0 Å². The molecule has 0 aromatic heterocycles. The van der Waals surface area contributed by atoms with Crippen molar-refractivity contribution < 1.29 is 23.7 Å². The van der Waals surface area contributed by atoms with Crippen molar-refractivity contribution in [1.29, 1.82) is 0 Å². The minimum absolute atomic E-state index is 0.123. The highest BCUT2D eigenvalue weighted by Crippen LogP contribution is 2.22. The van der Waals surface area contributed by atoms with E-state index in [9.17, 15) is 14.4 Å². The number of nitrogens with zero attached hydrogens (tertiary/aromatic N) is 4. The molecule has 148 valence electrons. The van der Waals surface area contributed by atoms with Crippen molar-refractivity contribution in [1.82, 2.24) is 9.80 Å². The van der Waals surface area contributed by atoms with Gasteiger partial charge in [-0.1, -0.05) is 0 Å². The van der Waals surface area contributed by atoms with E-state index in [0.29, 0.717) is 23.3 Å². The molecule has 28 heavy (non-hydrogen) atoms. The Morgan fingerprint density at radius 3 is 2.57 bits per heavy atom. The molecule has 1 fully saturated rings. The van der Waals surface area contributed by atoms with Gasteiger partial charge >= 0.3 is 6.03 Å². The number of rotatable bonds is 5. The van der Waals surface area contributed by atoms with Crippen LogP contribution in [0.3, 0.4) is 0 Å². The van der Waals surface area contributed by atoms with E-state index in [2.05, 4.69) is 10.3 Å². The number of nitrogens with one attached hydrogen (secondary N) is 1. The molecule has 0 radical (unpaired) electrons. The average Bonchev–Trinajstić information content (AvgIpc) is 3.01. The number of ether oxygens (including phenoxy) is 1. The summed E-state index contributed by atoms with van der Waals surface area (Å²) in [6.45, 7) is 2.49. The van der Waals surface area contributed by atoms with Gasteiger partial charge in [0.25, 0.3) is 23.0 Å². The number of carbonyl (C=O) groups is 3. The van der Waals surface area contributed by atoms with E-state index in [1.54, 1.807) is 42.9 Å². The minimum Gasteiger partial charge on any atom is -0.494 e. The van der Waals surface area contributed by atoms with E-state index in [4.69, 9.17) is 4.74 Å². The first-order valence-corrected chi connectivity index (χ1v) is 9.71. The van der Waals surface area contributed by atoms with Crippen LogP contribution in [-0.4, -0.2) is 82.8 Å². The van der Waals surface area contributed by atoms with Crippen LogP contribution in [0.1, 0.15) is 6.92 Å². The van der Waals surface area contributed by atoms with Crippen molar-refractivity contribution in [2.45, 2.75) is 13.0 Å². The maximum absolute atomic E-state index is 12.3. The van der Waals surface area contributed by atoms with E-state index >= 15 is 0 Å². The number of fused-ring (bicyclic) bond motifs is 1. The highest BCUT2D eigenvalue weighted by atomic mass is 32.2. The van der Waals surface area contributed by atoms with Crippen molar-refractivity contribution in [3.8, 4) is 5.75 Å². The van der Waals surface area contributed by atoms with Crippen LogP contribution < -0.4 is 10.1 Å². The summed E-state index contributed by atoms with van der Waals surface area (Å²) in [6, 6.07) is 5.96. The summed E-state index contributed by atoms with van der Waals surface area (Å²) in [5, 5.41) is 3.33. The first-order chi connectivity index (χ1) is 13.3. The first kappa shape index (κ1) is 19.9. The van der Waals surface area contributed by atoms with Gasteiger partial charge in [0, 0.05) is 12.7 Å². The second-order valence-corrected chi connectivity index (χ2v) is 7.21. The molecule has 1 aromatic carbocycles. The molecule has 2 aliphatic rings. The number of carbonyl (C=O) groups excluding carboxylic acids is 3. The molecular formula is C18H22N5O4S+. The van der Waals surface area contributed by atoms with Crippen LogP contribution in [0.5, 0.6) is 5.75 Å². The molecule has 0 spiro atoms. The number of benzene rings is 1. The number of aliphatic imine (C=N–C) groups is 1. The van der Waals surface area contributed by atoms with Gasteiger partial charge in [0.2, 0.25) is 5.91 Å². The number of hydrogen-bond acceptors (Lipinski definition) is 6. The Balaban J connectivity index is 1.63. The minimum atomic E-state index is -0.755. The Morgan fingerprint density at radius 2 is 1.93 bits per heavy atom. The molecule has 1 atom stereocenters. The summed E-state index contributed by atoms with van der Waals surface area (Å²) >= 11 is 1.21. The summed E-state index contributed by atoms with van der Waals surface area (Å²) < 4.78 is 7.06. The van der Waals surface area contributed by atoms with Gasteiger partial charge in [-0.15, -0.1) is 4.99 Å². The Hall–Kier alpha value is -2.88. The Bertz CT molecular complexity index is 880. The quantitative estimate of drug-likeness (QED) is 0.741. The van der Waals surface area contributed by atoms with Gasteiger partial charge in [-0.05, 0) is 43.0 Å². The maximum Gasteiger partial charge on any atom is 0.388 e. The van der Waals surface area contributed by atoms with E-state index in [1.165, 1.54) is 23.7 Å². The van der Waals surface area contributed by atoms with Crippen LogP contribution in [0.2, 0.25) is 0 Å². The second-order valence-electron chi connectivity index (χ2n) is 6.26. The molecule has 4 amide bonds. The molecule has 0 saturated carbocycles. The fourth-order valence-corrected chi connectivity index (χ4v) is 3.77. The standard InChI is InChI=1S/C18H21N5O4S/c1-5-27-12-8-6-11(7-9-12)19-13(24)10-28-17-20-14-15(21(17)2)22(3)18(26)23(4)16(14)25/h6-9,14H,5,10H2,1-4H3/p+1. The summed E-state index contributed by atoms with van der Waals surface area (Å²) in [5.74, 6) is 0.794. The molecule has 1 aromatic rings. The number of thioether (sulfide) groups is 1. The van der Waals surface area contributed by atoms with Crippen LogP contribution in [0.15, 0.2) is 29.3 Å². The topological polar surface area (TPSA) is 94.3 Å². The van der Waals surface area contributed by atoms with Crippen molar-refractivity contribution >= 4 is 46.3 Å². The van der Waals surface area contributed by atoms with E-state index in [0.717, 1.165) is 10.6 Å². The molecule has 3 rings (SSSR count). The number of likely N-dealkylation sites (N-methyl/N-ethyl adjacent to an activating group) is 2. The number of imide groups is 1. The monoisotopic (exact) mass is 404 g/mol. The van der Waals surface area contributed by atoms with Gasteiger partial charge in [-0.2, -0.15) is 0 Å². The van der Waals surface area contributed by atoms with E-state index < -0.39 is 12.1 Å². The average molecular weight is 404 g/mol. The lowest BCUT2D eigenvalue weighted by Gasteiger charge is -2.27. The third-order valence-electron chi connectivity index (χ3n) is 4.38. The molecule has 10 heteroatoms. The van der Waals surface area contributed by atoms with Gasteiger partial charge in [0.15, 0.2) is 0 Å². The van der Waals surface area contributed by atoms with Crippen molar-refractivity contribution in [3.05, 3.63) is 24.3 Å². The molecule has 9 nitrogen and oxygen atoms in total. The number of urea groups is 1. The molecule has 1 saturated heterocycles. The lowest BCUT2D eigenvalue weighted by Crippen LogP contribution is -2.59. The molecule has 2 heterocycles. The van der Waals surface area contributed by atoms with Crippen LogP contribution in [-0.2, 0) is 9.59 Å². The summed E-state index contributed by atoms with van der Waals surface area (Å²) in [4.78, 5) is 43.6. The van der Waals surface area contributed by atoms with Gasteiger partial charge in [0.05, 0.1) is 26.5 Å². The van der Waals surface area contributed by atoms with Crippen molar-refractivity contribution in [2.24, 2.45) is 4.99 Å². The summed E-state index contributed by atoms with van der Waals surface area (Å²) in [7, 11) is 4.77. The molecule has 0 bridgehead atoms. The highest BCUT2D eigenvalue weighted by Gasteiger charge is 2.51. The Morgan fingerprint density at radius 1 is 1.25 bits per heavy atom. The van der Waals surface area contributed by atoms with Gasteiger partial charge < -0.3 is 10.1 Å². The fraction of sp³-hybridized carbons (Fsp3) is 0.389. The number of amidine groups is 2. The Labute approximate surface area is 167 Å². The smallest absolute Gasteiger partial charge is 0.388 e. The van der Waals surface area contributed by atoms with Crippen LogP contribution >= 0.6 is 11.8 Å². The second kappa shape index (κ2) is 8.01. The summed E-state index contributed by atoms with van der Waals surface area (Å²) in [5.41, 5.74) is 0.668. The lowest BCUT2D eigenvalue weighted by molar-refractivity contribution is -0.367. The number of anilines is 1. The predicted octanol–water partition coefficient (Wildman–Crippen LogP) is 1.06. The fourth-order valence-electron chi connectivity index (χ4n) is 2.97. The number of hydrogen-bond donors (Lipinski definition) is 1. The molecule has 1 unspecified atom stereocenters. The van der Waals surface area contributed by atoms with E-state index in [1.807, 2.05) is 6.92 Å². The largest absolute Gasteiger partial charge is 0.494 e. The zero-order valence-corrected chi connectivity index (χ0v) is 16.9. The lowest BCUT2D eigenvalue weighted by atomic mass is 10.2. The van der Waals surface area contributed by atoms with E-state index in [-0.39, 0.29) is 17.6 Å². The van der Waals surface area contributed by atoms with Crippen molar-refractivity contribution in [2.75, 3.05) is 38.8 Å². The molecule has 1 N–H and O–H groups in total. The Kier molecular flexibility index (Phi) is 5.68. The SMILES string of the molecule is CCOc1ccc(NC(=O)CSC2=NC3C(=O)N(C)C(=O)N(C)C3=[N+]2C)cc1.